The molecule has 0 aliphatic carbocycles. The SMILES string of the molecule is C[C@H](OC(=O)c1ccccc1NS(C)(=O)=O)C(=O)Nc1ccccc1Cl. The van der Waals surface area contributed by atoms with Crippen molar-refractivity contribution in [2.75, 3.05) is 16.3 Å². The summed E-state index contributed by atoms with van der Waals surface area (Å²) in [4.78, 5) is 24.5. The number of halogens is 1. The van der Waals surface area contributed by atoms with E-state index >= 15 is 0 Å². The van der Waals surface area contributed by atoms with Gasteiger partial charge in [0, 0.05) is 0 Å². The van der Waals surface area contributed by atoms with Gasteiger partial charge in [-0.05, 0) is 31.2 Å². The lowest BCUT2D eigenvalue weighted by atomic mass is 10.2. The normalized spacial score (nSPS) is 12.1. The van der Waals surface area contributed by atoms with E-state index in [2.05, 4.69) is 10.0 Å². The molecule has 1 amide bonds. The van der Waals surface area contributed by atoms with Gasteiger partial charge in [0.05, 0.1) is 28.2 Å². The van der Waals surface area contributed by atoms with E-state index < -0.39 is 28.0 Å². The topological polar surface area (TPSA) is 102 Å². The Morgan fingerprint density at radius 1 is 1.04 bits per heavy atom. The minimum absolute atomic E-state index is 0.00433. The fourth-order valence-corrected chi connectivity index (χ4v) is 2.78. The number of nitrogens with one attached hydrogen (secondary N) is 2. The zero-order valence-electron chi connectivity index (χ0n) is 14.0. The Kier molecular flexibility index (Phi) is 6.23. The standard InChI is InChI=1S/C17H17ClN2O5S/c1-11(16(21)19-15-10-6-4-8-13(15)18)25-17(22)12-7-3-5-9-14(12)20-26(2,23)24/h3-11,20H,1-2H3,(H,19,21)/t11-/m0/s1. The Morgan fingerprint density at radius 2 is 1.62 bits per heavy atom. The van der Waals surface area contributed by atoms with Crippen molar-refractivity contribution in [3.63, 3.8) is 0 Å². The highest BCUT2D eigenvalue weighted by atomic mass is 35.5. The van der Waals surface area contributed by atoms with Gasteiger partial charge in [-0.3, -0.25) is 9.52 Å². The molecule has 0 heterocycles. The van der Waals surface area contributed by atoms with Gasteiger partial charge in [-0.1, -0.05) is 35.9 Å². The number of carbonyl (C=O) groups excluding carboxylic acids is 2. The lowest BCUT2D eigenvalue weighted by Crippen LogP contribution is -2.30. The van der Waals surface area contributed by atoms with Crippen molar-refractivity contribution in [2.24, 2.45) is 0 Å². The van der Waals surface area contributed by atoms with Crippen LogP contribution >= 0.6 is 11.6 Å². The third-order valence-corrected chi connectivity index (χ3v) is 4.15. The molecule has 0 spiro atoms. The molecule has 1 atom stereocenters. The molecule has 2 rings (SSSR count). The summed E-state index contributed by atoms with van der Waals surface area (Å²) in [6, 6.07) is 12.6. The number of anilines is 2. The number of hydrogen-bond donors (Lipinski definition) is 2. The molecule has 0 aliphatic heterocycles. The molecular weight excluding hydrogens is 380 g/mol. The van der Waals surface area contributed by atoms with Crippen LogP contribution in [0.5, 0.6) is 0 Å². The minimum atomic E-state index is -3.58. The highest BCUT2D eigenvalue weighted by Crippen LogP contribution is 2.21. The quantitative estimate of drug-likeness (QED) is 0.731. The fourth-order valence-electron chi connectivity index (χ4n) is 2.02. The zero-order valence-corrected chi connectivity index (χ0v) is 15.6. The molecule has 0 saturated heterocycles. The number of ether oxygens (including phenoxy) is 1. The van der Waals surface area contributed by atoms with Crippen LogP contribution in [0.15, 0.2) is 48.5 Å². The number of carbonyl (C=O) groups is 2. The van der Waals surface area contributed by atoms with Crippen molar-refractivity contribution in [3.8, 4) is 0 Å². The second kappa shape index (κ2) is 8.20. The van der Waals surface area contributed by atoms with Gasteiger partial charge in [0.1, 0.15) is 0 Å². The van der Waals surface area contributed by atoms with E-state index in [1.807, 2.05) is 0 Å². The summed E-state index contributed by atoms with van der Waals surface area (Å²) in [5.74, 6) is -1.40. The van der Waals surface area contributed by atoms with Crippen molar-refractivity contribution in [2.45, 2.75) is 13.0 Å². The number of amides is 1. The molecule has 0 saturated carbocycles. The molecule has 0 unspecified atom stereocenters. The van der Waals surface area contributed by atoms with Crippen LogP contribution in [0.3, 0.4) is 0 Å². The summed E-state index contributed by atoms with van der Waals surface area (Å²) < 4.78 is 30.2. The Morgan fingerprint density at radius 3 is 2.23 bits per heavy atom. The van der Waals surface area contributed by atoms with Gasteiger partial charge in [-0.15, -0.1) is 0 Å². The first kappa shape index (κ1) is 19.7. The van der Waals surface area contributed by atoms with Gasteiger partial charge in [-0.25, -0.2) is 13.2 Å². The monoisotopic (exact) mass is 396 g/mol. The maximum atomic E-state index is 12.3. The molecule has 0 fully saturated rings. The number of hydrogen-bond acceptors (Lipinski definition) is 5. The molecule has 7 nitrogen and oxygen atoms in total. The van der Waals surface area contributed by atoms with E-state index in [4.69, 9.17) is 16.3 Å². The summed E-state index contributed by atoms with van der Waals surface area (Å²) >= 11 is 5.97. The maximum absolute atomic E-state index is 12.3. The van der Waals surface area contributed by atoms with Crippen LogP contribution in [-0.4, -0.2) is 32.7 Å². The molecule has 0 aliphatic rings. The Bertz CT molecular complexity index is 930. The Balaban J connectivity index is 2.10. The van der Waals surface area contributed by atoms with Crippen LogP contribution in [0.1, 0.15) is 17.3 Å². The van der Waals surface area contributed by atoms with Crippen LogP contribution in [0.2, 0.25) is 5.02 Å². The molecule has 9 heteroatoms. The van der Waals surface area contributed by atoms with E-state index in [1.165, 1.54) is 19.1 Å². The third-order valence-electron chi connectivity index (χ3n) is 3.23. The molecule has 2 aromatic carbocycles. The summed E-state index contributed by atoms with van der Waals surface area (Å²) in [6.07, 6.45) is -0.153. The Labute approximate surface area is 156 Å². The molecular formula is C17H17ClN2O5S. The summed E-state index contributed by atoms with van der Waals surface area (Å²) in [6.45, 7) is 1.40. The maximum Gasteiger partial charge on any atom is 0.341 e. The zero-order chi connectivity index (χ0) is 19.3. The second-order valence-corrected chi connectivity index (χ2v) is 7.59. The highest BCUT2D eigenvalue weighted by molar-refractivity contribution is 7.92. The largest absolute Gasteiger partial charge is 0.449 e. The molecule has 2 aromatic rings. The first-order valence-corrected chi connectivity index (χ1v) is 9.77. The van der Waals surface area contributed by atoms with Crippen molar-refractivity contribution < 1.29 is 22.7 Å². The van der Waals surface area contributed by atoms with Gasteiger partial charge in [0.25, 0.3) is 5.91 Å². The van der Waals surface area contributed by atoms with Gasteiger partial charge in [0.15, 0.2) is 6.10 Å². The van der Waals surface area contributed by atoms with Crippen molar-refractivity contribution in [1.29, 1.82) is 0 Å². The average molecular weight is 397 g/mol. The average Bonchev–Trinajstić information content (AvgIpc) is 2.55. The summed E-state index contributed by atoms with van der Waals surface area (Å²) in [7, 11) is -3.58. The first-order chi connectivity index (χ1) is 12.2. The van der Waals surface area contributed by atoms with Gasteiger partial charge in [-0.2, -0.15) is 0 Å². The van der Waals surface area contributed by atoms with E-state index in [9.17, 15) is 18.0 Å². The van der Waals surface area contributed by atoms with Gasteiger partial charge in [0.2, 0.25) is 10.0 Å². The fraction of sp³-hybridized carbons (Fsp3) is 0.176. The predicted molar refractivity (Wildman–Crippen MR) is 99.9 cm³/mol. The smallest absolute Gasteiger partial charge is 0.341 e. The van der Waals surface area contributed by atoms with Crippen LogP contribution < -0.4 is 10.0 Å². The third kappa shape index (κ3) is 5.47. The minimum Gasteiger partial charge on any atom is -0.449 e. The Hall–Kier alpha value is -2.58. The number of rotatable bonds is 6. The number of para-hydroxylation sites is 2. The molecule has 0 aromatic heterocycles. The molecule has 0 bridgehead atoms. The van der Waals surface area contributed by atoms with Crippen LogP contribution in [-0.2, 0) is 19.6 Å². The van der Waals surface area contributed by atoms with Crippen LogP contribution in [0.25, 0.3) is 0 Å². The van der Waals surface area contributed by atoms with Crippen molar-refractivity contribution in [3.05, 3.63) is 59.1 Å². The summed E-state index contributed by atoms with van der Waals surface area (Å²) in [5, 5.41) is 2.91. The molecule has 0 radical (unpaired) electrons. The van der Waals surface area contributed by atoms with Crippen molar-refractivity contribution >= 4 is 44.9 Å². The summed E-state index contributed by atoms with van der Waals surface area (Å²) in [5.41, 5.74) is 0.454. The predicted octanol–water partition coefficient (Wildman–Crippen LogP) is 2.90. The number of benzene rings is 2. The van der Waals surface area contributed by atoms with E-state index in [0.717, 1.165) is 6.26 Å². The second-order valence-electron chi connectivity index (χ2n) is 5.44. The van der Waals surface area contributed by atoms with Crippen LogP contribution in [0.4, 0.5) is 11.4 Å². The number of sulfonamides is 1. The van der Waals surface area contributed by atoms with E-state index in [0.29, 0.717) is 10.7 Å². The lowest BCUT2D eigenvalue weighted by Gasteiger charge is -2.15. The molecule has 138 valence electrons. The van der Waals surface area contributed by atoms with Crippen LogP contribution in [0, 0.1) is 0 Å². The van der Waals surface area contributed by atoms with Crippen molar-refractivity contribution in [1.82, 2.24) is 0 Å². The highest BCUT2D eigenvalue weighted by Gasteiger charge is 2.22. The lowest BCUT2D eigenvalue weighted by molar-refractivity contribution is -0.123. The van der Waals surface area contributed by atoms with E-state index in [-0.39, 0.29) is 11.3 Å². The number of esters is 1. The molecule has 26 heavy (non-hydrogen) atoms. The van der Waals surface area contributed by atoms with Gasteiger partial charge >= 0.3 is 5.97 Å². The van der Waals surface area contributed by atoms with Gasteiger partial charge < -0.3 is 10.1 Å². The molecule has 2 N–H and O–H groups in total. The van der Waals surface area contributed by atoms with E-state index in [1.54, 1.807) is 36.4 Å². The first-order valence-electron chi connectivity index (χ1n) is 7.50.